The molecule has 2 heterocycles. The van der Waals surface area contributed by atoms with E-state index in [0.717, 1.165) is 59.4 Å². The smallest absolute Gasteiger partial charge is 0.414 e. The molecule has 3 atom stereocenters. The van der Waals surface area contributed by atoms with Gasteiger partial charge in [0, 0.05) is 24.1 Å². The highest BCUT2D eigenvalue weighted by Crippen LogP contribution is 2.40. The summed E-state index contributed by atoms with van der Waals surface area (Å²) < 4.78 is 21.5. The number of fused-ring (bicyclic) bond motifs is 3. The molecular weight excluding hydrogens is 473 g/mol. The van der Waals surface area contributed by atoms with Crippen molar-refractivity contribution >= 4 is 28.8 Å². The van der Waals surface area contributed by atoms with Crippen molar-refractivity contribution in [1.29, 1.82) is 0 Å². The fraction of sp³-hybridized carbons (Fsp3) is 0.483. The van der Waals surface area contributed by atoms with E-state index in [9.17, 15) is 19.1 Å². The van der Waals surface area contributed by atoms with E-state index >= 15 is 0 Å². The lowest BCUT2D eigenvalue weighted by Crippen LogP contribution is -2.42. The molecule has 196 valence electrons. The maximum Gasteiger partial charge on any atom is 0.414 e. The maximum atomic E-state index is 14.2. The molecule has 1 aromatic heterocycles. The summed E-state index contributed by atoms with van der Waals surface area (Å²) in [6, 6.07) is 9.36. The van der Waals surface area contributed by atoms with Gasteiger partial charge in [-0.25, -0.2) is 14.2 Å². The number of carbonyl (C=O) groups excluding carboxylic acids is 1. The van der Waals surface area contributed by atoms with Gasteiger partial charge in [0.05, 0.1) is 29.7 Å². The Morgan fingerprint density at radius 2 is 1.97 bits per heavy atom. The van der Waals surface area contributed by atoms with Gasteiger partial charge in [0.25, 0.3) is 0 Å². The van der Waals surface area contributed by atoms with Crippen LogP contribution in [0, 0.1) is 18.7 Å². The predicted octanol–water partition coefficient (Wildman–Crippen LogP) is 5.99. The molecule has 0 radical (unpaired) electrons. The molecule has 1 aliphatic heterocycles. The summed E-state index contributed by atoms with van der Waals surface area (Å²) in [5, 5.41) is 9.71. The van der Waals surface area contributed by atoms with Crippen LogP contribution in [-0.4, -0.2) is 39.9 Å². The largest absolute Gasteiger partial charge is 0.481 e. The van der Waals surface area contributed by atoms with Gasteiger partial charge < -0.3 is 14.4 Å². The van der Waals surface area contributed by atoms with Crippen LogP contribution in [0.25, 0.3) is 11.0 Å². The molecule has 5 rings (SSSR count). The Hall–Kier alpha value is -3.42. The number of carboxylic acid groups (broad SMARTS) is 1. The molecule has 3 aromatic rings. The van der Waals surface area contributed by atoms with Crippen molar-refractivity contribution < 1.29 is 23.8 Å². The Bertz CT molecular complexity index is 1350. The normalized spacial score (nSPS) is 21.6. The first-order chi connectivity index (χ1) is 17.8. The van der Waals surface area contributed by atoms with E-state index in [4.69, 9.17) is 9.72 Å². The number of methoxy groups -OCH3 is 1. The first-order valence-electron chi connectivity index (χ1n) is 13.2. The Morgan fingerprint density at radius 3 is 2.70 bits per heavy atom. The van der Waals surface area contributed by atoms with Gasteiger partial charge >= 0.3 is 12.1 Å². The molecule has 0 unspecified atom stereocenters. The molecule has 2 aliphatic rings. The van der Waals surface area contributed by atoms with Crippen molar-refractivity contribution in [3.63, 3.8) is 0 Å². The number of amides is 1. The lowest BCUT2D eigenvalue weighted by molar-refractivity contribution is -0.143. The molecule has 0 spiro atoms. The van der Waals surface area contributed by atoms with Gasteiger partial charge in [0.1, 0.15) is 11.6 Å². The van der Waals surface area contributed by atoms with Crippen LogP contribution in [0.4, 0.5) is 14.9 Å². The Morgan fingerprint density at radius 1 is 1.16 bits per heavy atom. The summed E-state index contributed by atoms with van der Waals surface area (Å²) in [5.41, 5.74) is 5.20. The Labute approximate surface area is 216 Å². The number of aryl methyl sites for hydroxylation is 4. The van der Waals surface area contributed by atoms with Crippen molar-refractivity contribution in [1.82, 2.24) is 9.55 Å². The third-order valence-corrected chi connectivity index (χ3v) is 8.13. The number of carboxylic acids is 1. The van der Waals surface area contributed by atoms with E-state index in [-0.39, 0.29) is 29.9 Å². The second kappa shape index (κ2) is 10.1. The summed E-state index contributed by atoms with van der Waals surface area (Å²) >= 11 is 0. The van der Waals surface area contributed by atoms with E-state index < -0.39 is 5.97 Å². The van der Waals surface area contributed by atoms with Gasteiger partial charge in [0.2, 0.25) is 0 Å². The Kier molecular flexibility index (Phi) is 6.92. The second-order valence-corrected chi connectivity index (χ2v) is 10.5. The fourth-order valence-electron chi connectivity index (χ4n) is 6.08. The van der Waals surface area contributed by atoms with Crippen LogP contribution in [0.2, 0.25) is 0 Å². The maximum absolute atomic E-state index is 14.2. The third kappa shape index (κ3) is 4.69. The third-order valence-electron chi connectivity index (χ3n) is 8.13. The van der Waals surface area contributed by atoms with Gasteiger partial charge in [-0.15, -0.1) is 0 Å². The van der Waals surface area contributed by atoms with Crippen molar-refractivity contribution in [3.05, 3.63) is 58.7 Å². The number of halogens is 1. The molecule has 8 heteroatoms. The highest BCUT2D eigenvalue weighted by atomic mass is 19.1. The highest BCUT2D eigenvalue weighted by Gasteiger charge is 2.34. The number of benzene rings is 2. The molecule has 2 aromatic carbocycles. The van der Waals surface area contributed by atoms with Gasteiger partial charge in [-0.3, -0.25) is 9.69 Å². The zero-order valence-electron chi connectivity index (χ0n) is 21.7. The average Bonchev–Trinajstić information content (AvgIpc) is 3.27. The summed E-state index contributed by atoms with van der Waals surface area (Å²) in [6.07, 6.45) is 5.45. The number of aromatic nitrogens is 2. The molecule has 37 heavy (non-hydrogen) atoms. The molecule has 1 fully saturated rings. The van der Waals surface area contributed by atoms with Gasteiger partial charge in [-0.2, -0.15) is 0 Å². The number of hydrogen-bond acceptors (Lipinski definition) is 4. The first kappa shape index (κ1) is 25.2. The SMILES string of the molecule is COC(=O)N1c2ccc3c(nc(CCc4ccc(C)c(F)c4)n3[C@@H]3CCC[C@@H](C(=O)O)C3)c2CC[C@@H]1C. The topological polar surface area (TPSA) is 84.7 Å². The summed E-state index contributed by atoms with van der Waals surface area (Å²) in [7, 11) is 1.39. The van der Waals surface area contributed by atoms with Crippen molar-refractivity contribution in [2.75, 3.05) is 12.0 Å². The lowest BCUT2D eigenvalue weighted by Gasteiger charge is -2.34. The van der Waals surface area contributed by atoms with Crippen LogP contribution in [-0.2, 0) is 28.8 Å². The summed E-state index contributed by atoms with van der Waals surface area (Å²) in [6.45, 7) is 3.77. The first-order valence-corrected chi connectivity index (χ1v) is 13.2. The summed E-state index contributed by atoms with van der Waals surface area (Å²) in [5.74, 6) is -0.452. The Balaban J connectivity index is 1.59. The van der Waals surface area contributed by atoms with E-state index in [1.54, 1.807) is 24.0 Å². The molecule has 1 aliphatic carbocycles. The highest BCUT2D eigenvalue weighted by molar-refractivity contribution is 5.95. The standard InChI is InChI=1S/C29H34FN3O4/c1-17-7-9-19(15-23(17)30)10-14-26-31-27-22-11-8-18(2)32(29(36)37-3)24(22)12-13-25(27)33(26)21-6-4-5-20(16-21)28(34)35/h7,9,12-13,15,18,20-21H,4-6,8,10-11,14,16H2,1-3H3,(H,34,35)/t18-,20+,21+/m0/s1. The van der Waals surface area contributed by atoms with Crippen LogP contribution in [0.5, 0.6) is 0 Å². The molecular formula is C29H34FN3O4. The number of anilines is 1. The van der Waals surface area contributed by atoms with Crippen LogP contribution in [0.15, 0.2) is 30.3 Å². The van der Waals surface area contributed by atoms with Crippen molar-refractivity contribution in [3.8, 4) is 0 Å². The quantitative estimate of drug-likeness (QED) is 0.458. The zero-order chi connectivity index (χ0) is 26.3. The number of carbonyl (C=O) groups is 2. The van der Waals surface area contributed by atoms with Gasteiger partial charge in [-0.1, -0.05) is 18.6 Å². The molecule has 1 amide bonds. The van der Waals surface area contributed by atoms with E-state index in [0.29, 0.717) is 31.2 Å². The van der Waals surface area contributed by atoms with E-state index in [1.165, 1.54) is 7.11 Å². The number of aliphatic carboxylic acids is 1. The van der Waals surface area contributed by atoms with Crippen molar-refractivity contribution in [2.45, 2.75) is 77.3 Å². The molecule has 0 bridgehead atoms. The van der Waals surface area contributed by atoms with Gasteiger partial charge in [-0.05, 0) is 81.7 Å². The van der Waals surface area contributed by atoms with E-state index in [1.807, 2.05) is 25.1 Å². The van der Waals surface area contributed by atoms with Crippen LogP contribution >= 0.6 is 0 Å². The number of hydrogen-bond donors (Lipinski definition) is 1. The number of ether oxygens (including phenoxy) is 1. The molecule has 1 saturated carbocycles. The number of rotatable bonds is 5. The lowest BCUT2D eigenvalue weighted by atomic mass is 9.85. The van der Waals surface area contributed by atoms with Crippen LogP contribution in [0.3, 0.4) is 0 Å². The van der Waals surface area contributed by atoms with Gasteiger partial charge in [0.15, 0.2) is 0 Å². The zero-order valence-corrected chi connectivity index (χ0v) is 21.7. The summed E-state index contributed by atoms with van der Waals surface area (Å²) in [4.78, 5) is 31.2. The van der Waals surface area contributed by atoms with E-state index in [2.05, 4.69) is 4.57 Å². The monoisotopic (exact) mass is 507 g/mol. The predicted molar refractivity (Wildman–Crippen MR) is 140 cm³/mol. The minimum absolute atomic E-state index is 0.0186. The van der Waals surface area contributed by atoms with Crippen molar-refractivity contribution in [2.24, 2.45) is 5.92 Å². The van der Waals surface area contributed by atoms with Crippen LogP contribution < -0.4 is 4.90 Å². The minimum Gasteiger partial charge on any atom is -0.481 e. The number of imidazole rings is 1. The number of nitrogens with zero attached hydrogens (tertiary/aromatic N) is 3. The molecule has 7 nitrogen and oxygen atoms in total. The molecule has 0 saturated heterocycles. The minimum atomic E-state index is -0.745. The van der Waals surface area contributed by atoms with Crippen LogP contribution in [0.1, 0.15) is 67.6 Å². The average molecular weight is 508 g/mol. The fourth-order valence-corrected chi connectivity index (χ4v) is 6.08. The molecule has 1 N–H and O–H groups in total. The second-order valence-electron chi connectivity index (χ2n) is 10.5.